The molecule has 0 spiro atoms. The third kappa shape index (κ3) is 10.8. The number of fused-ring (bicyclic) bond motifs is 2. The number of phenols is 1. The maximum absolute atomic E-state index is 12.9. The first-order valence-electron chi connectivity index (χ1n) is 18.2. The number of para-hydroxylation sites is 2. The molecule has 2 aromatic heterocycles. The van der Waals surface area contributed by atoms with E-state index in [2.05, 4.69) is 57.8 Å². The molecule has 0 aliphatic heterocycles. The molecule has 0 aliphatic rings. The Balaban J connectivity index is 0.000000213. The summed E-state index contributed by atoms with van der Waals surface area (Å²) in [6, 6.07) is 31.0. The molecule has 0 bridgehead atoms. The first-order valence-corrected chi connectivity index (χ1v) is 19.7. The van der Waals surface area contributed by atoms with Crippen LogP contribution in [0.1, 0.15) is 37.4 Å². The smallest absolute Gasteiger partial charge is 0.326 e. The molecule has 0 aliphatic carbocycles. The number of hydrogen-bond acceptors (Lipinski definition) is 6. The molecule has 13 nitrogen and oxygen atoms in total. The van der Waals surface area contributed by atoms with E-state index in [9.17, 15) is 39.3 Å². The van der Waals surface area contributed by atoms with Gasteiger partial charge in [-0.25, -0.2) is 9.59 Å². The number of phenolic OH excluding ortho intramolecular Hbond substituents is 1. The van der Waals surface area contributed by atoms with E-state index >= 15 is 0 Å². The fourth-order valence-electron chi connectivity index (χ4n) is 6.39. The van der Waals surface area contributed by atoms with Gasteiger partial charge in [0.05, 0.1) is 17.5 Å². The topological polar surface area (TPSA) is 214 Å². The van der Waals surface area contributed by atoms with Gasteiger partial charge in [0.15, 0.2) is 0 Å². The van der Waals surface area contributed by atoms with E-state index in [-0.39, 0.29) is 36.5 Å². The van der Waals surface area contributed by atoms with Crippen molar-refractivity contribution in [1.82, 2.24) is 20.6 Å². The number of carboxylic acids is 2. The van der Waals surface area contributed by atoms with Gasteiger partial charge >= 0.3 is 11.9 Å². The van der Waals surface area contributed by atoms with Crippen LogP contribution in [0.4, 0.5) is 5.69 Å². The summed E-state index contributed by atoms with van der Waals surface area (Å²) >= 11 is 6.64. The highest BCUT2D eigenvalue weighted by Gasteiger charge is 2.25. The first-order chi connectivity index (χ1) is 28.4. The van der Waals surface area contributed by atoms with Gasteiger partial charge in [0.2, 0.25) is 5.91 Å². The van der Waals surface area contributed by atoms with E-state index in [1.807, 2.05) is 48.5 Å². The van der Waals surface area contributed by atoms with Crippen LogP contribution in [0, 0.1) is 0 Å². The number of nitrogens with one attached hydrogen (secondary N) is 5. The summed E-state index contributed by atoms with van der Waals surface area (Å²) < 4.78 is 1.03. The van der Waals surface area contributed by atoms with Gasteiger partial charge in [0.1, 0.15) is 17.8 Å². The van der Waals surface area contributed by atoms with Gasteiger partial charge < -0.3 is 41.2 Å². The zero-order valence-electron chi connectivity index (χ0n) is 31.0. The Hall–Kier alpha value is -6.71. The number of hydrogen-bond donors (Lipinski definition) is 8. The summed E-state index contributed by atoms with van der Waals surface area (Å²) in [4.78, 5) is 67.2. The molecular formula is C44H37Br2N5O8. The maximum atomic E-state index is 12.9. The van der Waals surface area contributed by atoms with Crippen LogP contribution in [-0.2, 0) is 33.6 Å². The minimum absolute atomic E-state index is 0.0718. The van der Waals surface area contributed by atoms with Gasteiger partial charge in [-0.05, 0) is 103 Å². The molecule has 0 saturated heterocycles. The summed E-state index contributed by atoms with van der Waals surface area (Å²) in [5, 5.41) is 38.5. The van der Waals surface area contributed by atoms with Gasteiger partial charge in [-0.15, -0.1) is 0 Å². The minimum Gasteiger partial charge on any atom is -0.508 e. The number of halogens is 2. The van der Waals surface area contributed by atoms with Gasteiger partial charge in [-0.2, -0.15) is 0 Å². The summed E-state index contributed by atoms with van der Waals surface area (Å²) in [5.74, 6) is -3.39. The molecule has 59 heavy (non-hydrogen) atoms. The number of anilines is 1. The van der Waals surface area contributed by atoms with Crippen LogP contribution in [0.3, 0.4) is 0 Å². The molecule has 2 atom stereocenters. The predicted molar refractivity (Wildman–Crippen MR) is 231 cm³/mol. The van der Waals surface area contributed by atoms with Gasteiger partial charge in [0.25, 0.3) is 11.8 Å². The monoisotopic (exact) mass is 921 g/mol. The van der Waals surface area contributed by atoms with Crippen LogP contribution in [0.5, 0.6) is 5.75 Å². The largest absolute Gasteiger partial charge is 0.508 e. The van der Waals surface area contributed by atoms with Crippen molar-refractivity contribution in [2.24, 2.45) is 0 Å². The van der Waals surface area contributed by atoms with Crippen LogP contribution < -0.4 is 16.0 Å². The number of aromatic hydroxyl groups is 1. The summed E-state index contributed by atoms with van der Waals surface area (Å²) in [5.41, 5.74) is 5.24. The van der Waals surface area contributed by atoms with Gasteiger partial charge in [0, 0.05) is 61.7 Å². The van der Waals surface area contributed by atoms with E-state index in [1.54, 1.807) is 60.9 Å². The van der Waals surface area contributed by atoms with Crippen LogP contribution in [0.25, 0.3) is 21.8 Å². The van der Waals surface area contributed by atoms with Crippen molar-refractivity contribution in [1.29, 1.82) is 0 Å². The van der Waals surface area contributed by atoms with Crippen molar-refractivity contribution < 1.29 is 39.3 Å². The minimum atomic E-state index is -1.14. The normalized spacial score (nSPS) is 11.8. The van der Waals surface area contributed by atoms with E-state index in [0.29, 0.717) is 25.8 Å². The van der Waals surface area contributed by atoms with E-state index < -0.39 is 35.8 Å². The number of rotatable bonds is 13. The summed E-state index contributed by atoms with van der Waals surface area (Å²) in [6.45, 7) is 0. The lowest BCUT2D eigenvalue weighted by molar-refractivity contribution is -0.140. The second-order valence-electron chi connectivity index (χ2n) is 13.4. The lowest BCUT2D eigenvalue weighted by Gasteiger charge is -2.15. The molecule has 0 radical (unpaired) electrons. The molecule has 7 rings (SSSR count). The third-order valence-corrected chi connectivity index (χ3v) is 10.6. The Morgan fingerprint density at radius 1 is 0.593 bits per heavy atom. The Kier molecular flexibility index (Phi) is 13.6. The number of carbonyl (C=O) groups is 5. The van der Waals surface area contributed by atoms with E-state index in [4.69, 9.17) is 0 Å². The number of carboxylic acid groups (broad SMARTS) is 2. The van der Waals surface area contributed by atoms with Crippen molar-refractivity contribution in [3.63, 3.8) is 0 Å². The molecule has 5 aromatic carbocycles. The summed E-state index contributed by atoms with van der Waals surface area (Å²) in [6.07, 6.45) is 3.92. The SMILES string of the molecule is O=C(Cc1cccc(O)c1)Nc1ccc(C(=O)N[C@@H](Cc2c[nH]c3ccccc23)C(=O)O)c(Br)c1.O=C(N[C@@H](Cc1c[nH]c2ccccc12)C(=O)O)c1ccccc1Br. The van der Waals surface area contributed by atoms with Crippen LogP contribution in [-0.4, -0.2) is 67.0 Å². The Morgan fingerprint density at radius 2 is 1.12 bits per heavy atom. The van der Waals surface area contributed by atoms with Crippen molar-refractivity contribution in [2.75, 3.05) is 5.32 Å². The van der Waals surface area contributed by atoms with Crippen molar-refractivity contribution >= 4 is 89.0 Å². The molecule has 0 saturated carbocycles. The number of benzene rings is 5. The molecular weight excluding hydrogens is 886 g/mol. The zero-order chi connectivity index (χ0) is 42.1. The first kappa shape index (κ1) is 41.9. The average molecular weight is 924 g/mol. The van der Waals surface area contributed by atoms with Crippen molar-refractivity contribution in [3.8, 4) is 5.75 Å². The second kappa shape index (κ2) is 19.2. The molecule has 0 unspecified atom stereocenters. The second-order valence-corrected chi connectivity index (χ2v) is 15.1. The van der Waals surface area contributed by atoms with Gasteiger partial charge in [-0.1, -0.05) is 60.7 Å². The zero-order valence-corrected chi connectivity index (χ0v) is 34.2. The highest BCUT2D eigenvalue weighted by Crippen LogP contribution is 2.24. The molecule has 7 aromatic rings. The quantitative estimate of drug-likeness (QED) is 0.0576. The number of H-pyrrole nitrogens is 2. The Labute approximate surface area is 354 Å². The van der Waals surface area contributed by atoms with Gasteiger partial charge in [-0.3, -0.25) is 14.4 Å². The lowest BCUT2D eigenvalue weighted by atomic mass is 10.0. The molecule has 2 heterocycles. The highest BCUT2D eigenvalue weighted by atomic mass is 79.9. The molecule has 3 amide bonds. The lowest BCUT2D eigenvalue weighted by Crippen LogP contribution is -2.42. The maximum Gasteiger partial charge on any atom is 0.326 e. The number of aromatic amines is 2. The highest BCUT2D eigenvalue weighted by molar-refractivity contribution is 9.10. The number of aliphatic carboxylic acids is 2. The Bertz CT molecular complexity index is 2680. The standard InChI is InChI=1S/C26H22BrN3O5.C18H15BrN2O3/c27-21-13-17(29-24(32)11-15-4-3-5-18(31)10-15)8-9-20(21)25(33)30-23(26(34)35)12-16-14-28-22-7-2-1-6-19(16)22;19-14-7-3-1-6-13(14)17(22)21-16(18(23)24)9-11-10-20-15-8-4-2-5-12(11)15/h1-10,13-14,23,28,31H,11-12H2,(H,29,32)(H,30,33)(H,34,35);1-8,10,16,20H,9H2,(H,21,22)(H,23,24)/t23-;16-/m00/s1. The predicted octanol–water partition coefficient (Wildman–Crippen LogP) is 7.60. The average Bonchev–Trinajstić information content (AvgIpc) is 3.81. The van der Waals surface area contributed by atoms with E-state index in [1.165, 1.54) is 18.2 Å². The van der Waals surface area contributed by atoms with Crippen molar-refractivity contribution in [3.05, 3.63) is 164 Å². The summed E-state index contributed by atoms with van der Waals surface area (Å²) in [7, 11) is 0. The molecule has 0 fully saturated rings. The molecule has 15 heteroatoms. The fraction of sp³-hybridized carbons (Fsp3) is 0.114. The number of aromatic nitrogens is 2. The van der Waals surface area contributed by atoms with Crippen LogP contribution in [0.2, 0.25) is 0 Å². The Morgan fingerprint density at radius 3 is 1.64 bits per heavy atom. The number of carbonyl (C=O) groups excluding carboxylic acids is 3. The van der Waals surface area contributed by atoms with E-state index in [0.717, 1.165) is 32.9 Å². The van der Waals surface area contributed by atoms with Crippen LogP contribution >= 0.6 is 31.9 Å². The number of amides is 3. The fourth-order valence-corrected chi connectivity index (χ4v) is 7.42. The molecule has 300 valence electrons. The van der Waals surface area contributed by atoms with Crippen LogP contribution in [0.15, 0.2) is 137 Å². The van der Waals surface area contributed by atoms with Crippen molar-refractivity contribution in [2.45, 2.75) is 31.3 Å². The third-order valence-electron chi connectivity index (χ3n) is 9.30. The molecule has 8 N–H and O–H groups in total.